The quantitative estimate of drug-likeness (QED) is 0.792. The molecule has 2 aromatic rings. The number of hydrogen-bond acceptors (Lipinski definition) is 5. The van der Waals surface area contributed by atoms with E-state index in [4.69, 9.17) is 4.74 Å². The number of anilines is 2. The van der Waals surface area contributed by atoms with E-state index in [0.717, 1.165) is 0 Å². The van der Waals surface area contributed by atoms with Gasteiger partial charge in [-0.25, -0.2) is 4.68 Å². The van der Waals surface area contributed by atoms with Gasteiger partial charge in [0.25, 0.3) is 11.5 Å². The first-order chi connectivity index (χ1) is 12.0. The fourth-order valence-corrected chi connectivity index (χ4v) is 2.03. The molecule has 1 aromatic carbocycles. The lowest BCUT2D eigenvalue weighted by molar-refractivity contribution is -0.115. The van der Waals surface area contributed by atoms with E-state index in [2.05, 4.69) is 15.7 Å². The molecule has 8 nitrogen and oxygen atoms in total. The van der Waals surface area contributed by atoms with Crippen molar-refractivity contribution in [1.82, 2.24) is 9.78 Å². The summed E-state index contributed by atoms with van der Waals surface area (Å²) in [6.45, 7) is 2.33. The molecule has 25 heavy (non-hydrogen) atoms. The molecule has 2 amide bonds. The minimum atomic E-state index is -0.454. The summed E-state index contributed by atoms with van der Waals surface area (Å²) in [7, 11) is 1.52. The molecule has 132 valence electrons. The molecule has 0 fully saturated rings. The van der Waals surface area contributed by atoms with Gasteiger partial charge in [0.2, 0.25) is 5.91 Å². The van der Waals surface area contributed by atoms with Crippen molar-refractivity contribution in [3.63, 3.8) is 0 Å². The van der Waals surface area contributed by atoms with Crippen molar-refractivity contribution >= 4 is 23.2 Å². The second-order valence-electron chi connectivity index (χ2n) is 5.21. The topological polar surface area (TPSA) is 102 Å². The smallest absolute Gasteiger partial charge is 0.276 e. The zero-order chi connectivity index (χ0) is 18.2. The van der Waals surface area contributed by atoms with Gasteiger partial charge in [-0.15, -0.1) is 0 Å². The van der Waals surface area contributed by atoms with Crippen LogP contribution in [0.3, 0.4) is 0 Å². The van der Waals surface area contributed by atoms with Gasteiger partial charge in [0, 0.05) is 31.0 Å². The Balaban J connectivity index is 2.13. The van der Waals surface area contributed by atoms with Crippen LogP contribution in [-0.4, -0.2) is 35.3 Å². The maximum Gasteiger partial charge on any atom is 0.276 e. The number of benzene rings is 1. The van der Waals surface area contributed by atoms with E-state index in [1.54, 1.807) is 31.2 Å². The molecule has 0 spiro atoms. The number of amides is 2. The summed E-state index contributed by atoms with van der Waals surface area (Å²) >= 11 is 0. The van der Waals surface area contributed by atoms with Crippen LogP contribution in [0.25, 0.3) is 0 Å². The number of aromatic nitrogens is 2. The Bertz CT molecular complexity index is 816. The Morgan fingerprint density at radius 3 is 2.56 bits per heavy atom. The largest absolute Gasteiger partial charge is 0.383 e. The van der Waals surface area contributed by atoms with Crippen LogP contribution in [0.5, 0.6) is 0 Å². The van der Waals surface area contributed by atoms with Gasteiger partial charge >= 0.3 is 0 Å². The third kappa shape index (κ3) is 5.25. The number of carbonyl (C=O) groups is 2. The average Bonchev–Trinajstić information content (AvgIpc) is 2.61. The van der Waals surface area contributed by atoms with Gasteiger partial charge in [-0.1, -0.05) is 13.0 Å². The number of ether oxygens (including phenoxy) is 1. The van der Waals surface area contributed by atoms with Crippen molar-refractivity contribution in [3.05, 3.63) is 52.4 Å². The fraction of sp³-hybridized carbons (Fsp3) is 0.294. The molecule has 2 N–H and O–H groups in total. The molecule has 0 aliphatic heterocycles. The van der Waals surface area contributed by atoms with Gasteiger partial charge < -0.3 is 15.4 Å². The molecule has 0 unspecified atom stereocenters. The zero-order valence-corrected chi connectivity index (χ0v) is 14.1. The minimum Gasteiger partial charge on any atom is -0.383 e. The molecule has 1 aromatic heterocycles. The predicted molar refractivity (Wildman–Crippen MR) is 93.7 cm³/mol. The third-order valence-corrected chi connectivity index (χ3v) is 3.33. The van der Waals surface area contributed by atoms with Crippen LogP contribution >= 0.6 is 0 Å². The molecular weight excluding hydrogens is 324 g/mol. The molecular formula is C17H20N4O4. The highest BCUT2D eigenvalue weighted by Crippen LogP contribution is 2.16. The van der Waals surface area contributed by atoms with Gasteiger partial charge in [-0.3, -0.25) is 14.4 Å². The lowest BCUT2D eigenvalue weighted by atomic mass is 10.2. The Morgan fingerprint density at radius 2 is 1.88 bits per heavy atom. The fourth-order valence-electron chi connectivity index (χ4n) is 2.03. The van der Waals surface area contributed by atoms with E-state index in [-0.39, 0.29) is 23.7 Å². The normalized spacial score (nSPS) is 10.3. The molecule has 0 atom stereocenters. The van der Waals surface area contributed by atoms with Crippen LogP contribution in [0.4, 0.5) is 11.4 Å². The van der Waals surface area contributed by atoms with Crippen molar-refractivity contribution in [2.45, 2.75) is 19.9 Å². The standard InChI is InChI=1S/C17H20N4O4/c1-3-15(22)18-12-5-4-6-13(11-12)19-17(24)14-7-8-16(23)21(20-14)9-10-25-2/h4-8,11H,3,9-10H2,1-2H3,(H,18,22)(H,19,24). The average molecular weight is 344 g/mol. The van der Waals surface area contributed by atoms with Crippen LogP contribution in [0, 0.1) is 0 Å². The molecule has 0 saturated heterocycles. The Kier molecular flexibility index (Phi) is 6.41. The number of carbonyl (C=O) groups excluding carboxylic acids is 2. The van der Waals surface area contributed by atoms with E-state index in [9.17, 15) is 14.4 Å². The summed E-state index contributed by atoms with van der Waals surface area (Å²) in [5.41, 5.74) is 0.898. The number of methoxy groups -OCH3 is 1. The summed E-state index contributed by atoms with van der Waals surface area (Å²) < 4.78 is 6.09. The number of nitrogens with one attached hydrogen (secondary N) is 2. The van der Waals surface area contributed by atoms with Crippen LogP contribution in [0.2, 0.25) is 0 Å². The highest BCUT2D eigenvalue weighted by molar-refractivity contribution is 6.03. The lowest BCUT2D eigenvalue weighted by Gasteiger charge is -2.09. The molecule has 2 rings (SSSR count). The van der Waals surface area contributed by atoms with Crippen molar-refractivity contribution < 1.29 is 14.3 Å². The van der Waals surface area contributed by atoms with Crippen LogP contribution < -0.4 is 16.2 Å². The van der Waals surface area contributed by atoms with Crippen molar-refractivity contribution in [3.8, 4) is 0 Å². The predicted octanol–water partition coefficient (Wildman–Crippen LogP) is 1.49. The second-order valence-corrected chi connectivity index (χ2v) is 5.21. The van der Waals surface area contributed by atoms with E-state index in [1.165, 1.54) is 23.9 Å². The van der Waals surface area contributed by atoms with Gasteiger partial charge in [0.1, 0.15) is 5.69 Å². The Hall–Kier alpha value is -3.00. The first-order valence-corrected chi connectivity index (χ1v) is 7.82. The maximum absolute atomic E-state index is 12.3. The monoisotopic (exact) mass is 344 g/mol. The van der Waals surface area contributed by atoms with Gasteiger partial charge in [-0.2, -0.15) is 5.10 Å². The van der Waals surface area contributed by atoms with E-state index < -0.39 is 5.91 Å². The number of rotatable bonds is 7. The summed E-state index contributed by atoms with van der Waals surface area (Å²) in [6.07, 6.45) is 0.365. The molecule has 0 radical (unpaired) electrons. The molecule has 1 heterocycles. The van der Waals surface area contributed by atoms with Crippen molar-refractivity contribution in [2.24, 2.45) is 0 Å². The molecule has 0 saturated carbocycles. The van der Waals surface area contributed by atoms with E-state index >= 15 is 0 Å². The summed E-state index contributed by atoms with van der Waals surface area (Å²) in [6, 6.07) is 9.44. The highest BCUT2D eigenvalue weighted by atomic mass is 16.5. The summed E-state index contributed by atoms with van der Waals surface area (Å²) in [5, 5.41) is 9.45. The van der Waals surface area contributed by atoms with Gasteiger partial charge in [-0.05, 0) is 24.3 Å². The van der Waals surface area contributed by atoms with E-state index in [0.29, 0.717) is 24.4 Å². The zero-order valence-electron chi connectivity index (χ0n) is 14.1. The molecule has 0 bridgehead atoms. The molecule has 0 aliphatic carbocycles. The molecule has 8 heteroatoms. The summed E-state index contributed by atoms with van der Waals surface area (Å²) in [4.78, 5) is 35.5. The maximum atomic E-state index is 12.3. The van der Waals surface area contributed by atoms with Crippen LogP contribution in [0.1, 0.15) is 23.8 Å². The third-order valence-electron chi connectivity index (χ3n) is 3.33. The van der Waals surface area contributed by atoms with E-state index in [1.807, 2.05) is 0 Å². The SMILES string of the molecule is CCC(=O)Nc1cccc(NC(=O)c2ccc(=O)n(CCOC)n2)c1. The van der Waals surface area contributed by atoms with Crippen LogP contribution in [-0.2, 0) is 16.1 Å². The van der Waals surface area contributed by atoms with Gasteiger partial charge in [0.15, 0.2) is 0 Å². The summed E-state index contributed by atoms with van der Waals surface area (Å²) in [5.74, 6) is -0.569. The lowest BCUT2D eigenvalue weighted by Crippen LogP contribution is -2.27. The first-order valence-electron chi connectivity index (χ1n) is 7.82. The first kappa shape index (κ1) is 18.3. The minimum absolute atomic E-state index is 0.110. The second kappa shape index (κ2) is 8.74. The number of hydrogen-bond donors (Lipinski definition) is 2. The van der Waals surface area contributed by atoms with Crippen molar-refractivity contribution in [2.75, 3.05) is 24.4 Å². The van der Waals surface area contributed by atoms with Crippen LogP contribution in [0.15, 0.2) is 41.2 Å². The Labute approximate surface area is 144 Å². The van der Waals surface area contributed by atoms with Gasteiger partial charge in [0.05, 0.1) is 13.2 Å². The number of nitrogens with zero attached hydrogens (tertiary/aromatic N) is 2. The van der Waals surface area contributed by atoms with Crippen molar-refractivity contribution in [1.29, 1.82) is 0 Å². The highest BCUT2D eigenvalue weighted by Gasteiger charge is 2.10. The Morgan fingerprint density at radius 1 is 1.16 bits per heavy atom. The molecule has 0 aliphatic rings.